The van der Waals surface area contributed by atoms with Crippen LogP contribution in [0, 0.1) is 12.3 Å². The third-order valence-electron chi connectivity index (χ3n) is 2.48. The Kier molecular flexibility index (Phi) is 7.90. The van der Waals surface area contributed by atoms with Gasteiger partial charge in [0.05, 0.1) is 19.3 Å². The molecule has 18 heavy (non-hydrogen) atoms. The van der Waals surface area contributed by atoms with Crippen LogP contribution in [0.1, 0.15) is 18.4 Å². The Morgan fingerprint density at radius 2 is 2.11 bits per heavy atom. The summed E-state index contributed by atoms with van der Waals surface area (Å²) in [5, 5.41) is 12.8. The minimum absolute atomic E-state index is 0.344. The first kappa shape index (κ1) is 14.7. The Bertz CT molecular complexity index is 345. The molecule has 1 rings (SSSR count). The fourth-order valence-corrected chi connectivity index (χ4v) is 1.53. The van der Waals surface area contributed by atoms with Gasteiger partial charge >= 0.3 is 0 Å². The van der Waals surface area contributed by atoms with E-state index in [0.717, 1.165) is 24.9 Å². The standard InChI is InChI=1S/C15H21NO2/c1-2-3-7-10-16-11-15(17)13-18-12-14-8-5-4-6-9-14/h1,4-6,8-9,15-17H,3,7,10-13H2. The van der Waals surface area contributed by atoms with Gasteiger partial charge in [-0.25, -0.2) is 0 Å². The van der Waals surface area contributed by atoms with Crippen LogP contribution in [0.25, 0.3) is 0 Å². The van der Waals surface area contributed by atoms with E-state index in [4.69, 9.17) is 11.2 Å². The van der Waals surface area contributed by atoms with E-state index in [1.54, 1.807) is 0 Å². The van der Waals surface area contributed by atoms with Gasteiger partial charge in [-0.1, -0.05) is 30.3 Å². The first-order valence-corrected chi connectivity index (χ1v) is 6.27. The number of hydrogen-bond donors (Lipinski definition) is 2. The van der Waals surface area contributed by atoms with Gasteiger partial charge < -0.3 is 15.2 Å². The molecule has 0 heterocycles. The molecule has 0 aliphatic rings. The van der Waals surface area contributed by atoms with Gasteiger partial charge in [-0.3, -0.25) is 0 Å². The second-order valence-electron chi connectivity index (χ2n) is 4.17. The lowest BCUT2D eigenvalue weighted by atomic mass is 10.2. The van der Waals surface area contributed by atoms with Gasteiger partial charge in [0, 0.05) is 13.0 Å². The molecular weight excluding hydrogens is 226 g/mol. The van der Waals surface area contributed by atoms with Gasteiger partial charge in [0.1, 0.15) is 0 Å². The lowest BCUT2D eigenvalue weighted by molar-refractivity contribution is 0.0289. The van der Waals surface area contributed by atoms with E-state index in [-0.39, 0.29) is 0 Å². The number of nitrogens with one attached hydrogen (secondary N) is 1. The van der Waals surface area contributed by atoms with Gasteiger partial charge in [0.15, 0.2) is 0 Å². The number of unbranched alkanes of at least 4 members (excludes halogenated alkanes) is 1. The monoisotopic (exact) mass is 247 g/mol. The average molecular weight is 247 g/mol. The third kappa shape index (κ3) is 7.08. The molecular formula is C15H21NO2. The molecule has 0 radical (unpaired) electrons. The predicted octanol–water partition coefficient (Wildman–Crippen LogP) is 1.57. The number of aliphatic hydroxyl groups is 1. The summed E-state index contributed by atoms with van der Waals surface area (Å²) in [7, 11) is 0. The maximum Gasteiger partial charge on any atom is 0.0897 e. The summed E-state index contributed by atoms with van der Waals surface area (Å²) < 4.78 is 5.44. The van der Waals surface area contributed by atoms with Crippen molar-refractivity contribution in [3.63, 3.8) is 0 Å². The molecule has 3 heteroatoms. The molecule has 0 spiro atoms. The highest BCUT2D eigenvalue weighted by molar-refractivity contribution is 5.13. The molecule has 0 saturated heterocycles. The highest BCUT2D eigenvalue weighted by Crippen LogP contribution is 2.00. The molecule has 98 valence electrons. The summed E-state index contributed by atoms with van der Waals surface area (Å²) >= 11 is 0. The van der Waals surface area contributed by atoms with E-state index in [9.17, 15) is 5.11 Å². The molecule has 1 unspecified atom stereocenters. The fraction of sp³-hybridized carbons (Fsp3) is 0.467. The van der Waals surface area contributed by atoms with Crippen LogP contribution in [0.5, 0.6) is 0 Å². The molecule has 1 aromatic carbocycles. The first-order chi connectivity index (χ1) is 8.83. The Labute approximate surface area is 109 Å². The van der Waals surface area contributed by atoms with E-state index in [2.05, 4.69) is 11.2 Å². The fourth-order valence-electron chi connectivity index (χ4n) is 1.53. The Morgan fingerprint density at radius 3 is 2.83 bits per heavy atom. The zero-order valence-electron chi connectivity index (χ0n) is 10.6. The maximum absolute atomic E-state index is 9.66. The highest BCUT2D eigenvalue weighted by atomic mass is 16.5. The van der Waals surface area contributed by atoms with Gasteiger partial charge in [-0.05, 0) is 18.5 Å². The van der Waals surface area contributed by atoms with Crippen molar-refractivity contribution in [3.8, 4) is 12.3 Å². The topological polar surface area (TPSA) is 41.5 Å². The van der Waals surface area contributed by atoms with Crippen molar-refractivity contribution < 1.29 is 9.84 Å². The van der Waals surface area contributed by atoms with Gasteiger partial charge in [0.25, 0.3) is 0 Å². The van der Waals surface area contributed by atoms with Crippen LogP contribution in [0.2, 0.25) is 0 Å². The van der Waals surface area contributed by atoms with Crippen molar-refractivity contribution >= 4 is 0 Å². The molecule has 3 nitrogen and oxygen atoms in total. The summed E-state index contributed by atoms with van der Waals surface area (Å²) in [4.78, 5) is 0. The summed E-state index contributed by atoms with van der Waals surface area (Å²) in [6.45, 7) is 2.26. The van der Waals surface area contributed by atoms with Gasteiger partial charge in [-0.15, -0.1) is 12.3 Å². The van der Waals surface area contributed by atoms with Crippen LogP contribution >= 0.6 is 0 Å². The number of aliphatic hydroxyl groups excluding tert-OH is 1. The summed E-state index contributed by atoms with van der Waals surface area (Å²) in [6, 6.07) is 9.93. The van der Waals surface area contributed by atoms with E-state index in [1.165, 1.54) is 0 Å². The quantitative estimate of drug-likeness (QED) is 0.514. The van der Waals surface area contributed by atoms with Gasteiger partial charge in [0.2, 0.25) is 0 Å². The van der Waals surface area contributed by atoms with Crippen LogP contribution in [0.3, 0.4) is 0 Å². The van der Waals surface area contributed by atoms with Crippen molar-refractivity contribution in [1.29, 1.82) is 0 Å². The van der Waals surface area contributed by atoms with Crippen LogP contribution in [0.4, 0.5) is 0 Å². The average Bonchev–Trinajstić information content (AvgIpc) is 2.40. The smallest absolute Gasteiger partial charge is 0.0897 e. The highest BCUT2D eigenvalue weighted by Gasteiger charge is 2.03. The number of terminal acetylenes is 1. The van der Waals surface area contributed by atoms with Crippen LogP contribution < -0.4 is 5.32 Å². The number of rotatable bonds is 9. The molecule has 0 bridgehead atoms. The second-order valence-corrected chi connectivity index (χ2v) is 4.17. The molecule has 0 aliphatic heterocycles. The molecule has 1 atom stereocenters. The molecule has 1 aromatic rings. The number of hydrogen-bond acceptors (Lipinski definition) is 3. The minimum atomic E-state index is -0.473. The Hall–Kier alpha value is -1.34. The van der Waals surface area contributed by atoms with Crippen molar-refractivity contribution in [3.05, 3.63) is 35.9 Å². The van der Waals surface area contributed by atoms with Crippen molar-refractivity contribution in [1.82, 2.24) is 5.32 Å². The molecule has 0 aromatic heterocycles. The minimum Gasteiger partial charge on any atom is -0.389 e. The number of ether oxygens (including phenoxy) is 1. The zero-order valence-corrected chi connectivity index (χ0v) is 10.6. The van der Waals surface area contributed by atoms with Crippen LogP contribution in [-0.2, 0) is 11.3 Å². The SMILES string of the molecule is C#CCCCNCC(O)COCc1ccccc1. The lowest BCUT2D eigenvalue weighted by Crippen LogP contribution is -2.30. The first-order valence-electron chi connectivity index (χ1n) is 6.27. The molecule has 0 saturated carbocycles. The Balaban J connectivity index is 2.00. The van der Waals surface area contributed by atoms with Crippen molar-refractivity contribution in [2.45, 2.75) is 25.6 Å². The lowest BCUT2D eigenvalue weighted by Gasteiger charge is -2.12. The maximum atomic E-state index is 9.66. The van der Waals surface area contributed by atoms with Crippen LogP contribution in [0.15, 0.2) is 30.3 Å². The molecule has 0 aliphatic carbocycles. The summed E-state index contributed by atoms with van der Waals surface area (Å²) in [5.74, 6) is 2.58. The van der Waals surface area contributed by atoms with E-state index in [1.807, 2.05) is 30.3 Å². The normalized spacial score (nSPS) is 12.0. The molecule has 0 amide bonds. The molecule has 0 fully saturated rings. The van der Waals surface area contributed by atoms with Crippen molar-refractivity contribution in [2.75, 3.05) is 19.7 Å². The second kappa shape index (κ2) is 9.67. The third-order valence-corrected chi connectivity index (χ3v) is 2.48. The zero-order chi connectivity index (χ0) is 13.1. The van der Waals surface area contributed by atoms with Crippen molar-refractivity contribution in [2.24, 2.45) is 0 Å². The number of benzene rings is 1. The van der Waals surface area contributed by atoms with E-state index < -0.39 is 6.10 Å². The predicted molar refractivity (Wildman–Crippen MR) is 73.0 cm³/mol. The van der Waals surface area contributed by atoms with Crippen LogP contribution in [-0.4, -0.2) is 30.9 Å². The molecule has 2 N–H and O–H groups in total. The largest absolute Gasteiger partial charge is 0.389 e. The van der Waals surface area contributed by atoms with E-state index in [0.29, 0.717) is 19.8 Å². The van der Waals surface area contributed by atoms with E-state index >= 15 is 0 Å². The van der Waals surface area contributed by atoms with Gasteiger partial charge in [-0.2, -0.15) is 0 Å². The summed E-state index contributed by atoms with van der Waals surface area (Å²) in [5.41, 5.74) is 1.12. The summed E-state index contributed by atoms with van der Waals surface area (Å²) in [6.07, 6.45) is 6.38. The Morgan fingerprint density at radius 1 is 1.33 bits per heavy atom.